The first-order valence-corrected chi connectivity index (χ1v) is 7.63. The maximum Gasteiger partial charge on any atom is 0.0847 e. The molecule has 4 nitrogen and oxygen atoms in total. The van der Waals surface area contributed by atoms with Gasteiger partial charge in [0.2, 0.25) is 0 Å². The molecule has 1 aliphatic rings. The van der Waals surface area contributed by atoms with Gasteiger partial charge in [-0.1, -0.05) is 15.9 Å². The lowest BCUT2D eigenvalue weighted by molar-refractivity contribution is 0.123. The van der Waals surface area contributed by atoms with Gasteiger partial charge in [-0.25, -0.2) is 0 Å². The van der Waals surface area contributed by atoms with Crippen LogP contribution in [0.25, 0.3) is 0 Å². The number of rotatable bonds is 5. The number of ether oxygens (including phenoxy) is 1. The number of aliphatic hydroxyl groups is 1. The summed E-state index contributed by atoms with van der Waals surface area (Å²) in [5, 5.41) is 12.8. The fourth-order valence-corrected chi connectivity index (χ4v) is 2.48. The third kappa shape index (κ3) is 4.24. The molecule has 1 aromatic carbocycles. The number of alkyl halides is 1. The van der Waals surface area contributed by atoms with Gasteiger partial charge in [0.15, 0.2) is 0 Å². The Morgan fingerprint density at radius 2 is 2.16 bits per heavy atom. The molecule has 0 aliphatic carbocycles. The molecule has 6 heteroatoms. The minimum Gasteiger partial charge on any atom is -0.390 e. The van der Waals surface area contributed by atoms with E-state index < -0.39 is 6.10 Å². The maximum absolute atomic E-state index is 9.55. The van der Waals surface area contributed by atoms with Crippen LogP contribution in [0.3, 0.4) is 0 Å². The van der Waals surface area contributed by atoms with Crippen molar-refractivity contribution in [3.63, 3.8) is 0 Å². The molecule has 1 atom stereocenters. The molecule has 2 N–H and O–H groups in total. The summed E-state index contributed by atoms with van der Waals surface area (Å²) in [5.41, 5.74) is 2.13. The van der Waals surface area contributed by atoms with Crippen LogP contribution in [0.2, 0.25) is 0 Å². The Morgan fingerprint density at radius 3 is 2.84 bits per heavy atom. The Hall–Kier alpha value is -0.490. The second kappa shape index (κ2) is 7.33. The summed E-state index contributed by atoms with van der Waals surface area (Å²) in [6.45, 7) is 3.71. The molecular weight excluding hydrogens is 332 g/mol. The minimum absolute atomic E-state index is 0.230. The molecular formula is C13H18BrClN2O2. The van der Waals surface area contributed by atoms with E-state index in [0.29, 0.717) is 6.54 Å². The summed E-state index contributed by atoms with van der Waals surface area (Å²) in [5.74, 6) is 0.230. The summed E-state index contributed by atoms with van der Waals surface area (Å²) >= 11 is 9.08. The SMILES string of the molecule is OC(CCl)CNc1cc(Br)ccc1N1CCOCC1. The quantitative estimate of drug-likeness (QED) is 0.801. The Morgan fingerprint density at radius 1 is 1.42 bits per heavy atom. The van der Waals surface area contributed by atoms with Crippen LogP contribution < -0.4 is 10.2 Å². The number of nitrogens with one attached hydrogen (secondary N) is 1. The number of anilines is 2. The van der Waals surface area contributed by atoms with Crippen molar-refractivity contribution in [1.29, 1.82) is 0 Å². The molecule has 0 spiro atoms. The number of hydrogen-bond donors (Lipinski definition) is 2. The average molecular weight is 350 g/mol. The van der Waals surface area contributed by atoms with Crippen molar-refractivity contribution in [1.82, 2.24) is 0 Å². The van der Waals surface area contributed by atoms with Gasteiger partial charge in [0.05, 0.1) is 36.6 Å². The van der Waals surface area contributed by atoms with E-state index in [1.165, 1.54) is 0 Å². The van der Waals surface area contributed by atoms with Gasteiger partial charge in [0.1, 0.15) is 0 Å². The fraction of sp³-hybridized carbons (Fsp3) is 0.538. The summed E-state index contributed by atoms with van der Waals surface area (Å²) in [7, 11) is 0. The van der Waals surface area contributed by atoms with E-state index in [9.17, 15) is 5.11 Å². The Bertz CT molecular complexity index is 414. The van der Waals surface area contributed by atoms with Gasteiger partial charge in [-0.3, -0.25) is 0 Å². The van der Waals surface area contributed by atoms with Crippen LogP contribution in [0.1, 0.15) is 0 Å². The van der Waals surface area contributed by atoms with Gasteiger partial charge in [-0.05, 0) is 18.2 Å². The minimum atomic E-state index is -0.543. The highest BCUT2D eigenvalue weighted by molar-refractivity contribution is 9.10. The van der Waals surface area contributed by atoms with Crippen LogP contribution in [0.15, 0.2) is 22.7 Å². The summed E-state index contributed by atoms with van der Waals surface area (Å²) in [4.78, 5) is 2.28. The average Bonchev–Trinajstić information content (AvgIpc) is 2.45. The van der Waals surface area contributed by atoms with Crippen molar-refractivity contribution in [2.24, 2.45) is 0 Å². The second-order valence-corrected chi connectivity index (χ2v) is 5.67. The van der Waals surface area contributed by atoms with Crippen LogP contribution in [-0.2, 0) is 4.74 Å². The maximum atomic E-state index is 9.55. The smallest absolute Gasteiger partial charge is 0.0847 e. The number of hydrogen-bond acceptors (Lipinski definition) is 4. The van der Waals surface area contributed by atoms with Crippen molar-refractivity contribution in [3.8, 4) is 0 Å². The van der Waals surface area contributed by atoms with Gasteiger partial charge in [-0.2, -0.15) is 0 Å². The molecule has 1 fully saturated rings. The highest BCUT2D eigenvalue weighted by atomic mass is 79.9. The summed E-state index contributed by atoms with van der Waals surface area (Å²) in [6.07, 6.45) is -0.543. The van der Waals surface area contributed by atoms with E-state index in [2.05, 4.69) is 32.2 Å². The number of aliphatic hydroxyl groups excluding tert-OH is 1. The molecule has 0 saturated carbocycles. The standard InChI is InChI=1S/C13H18BrClN2O2/c14-10-1-2-13(17-3-5-19-6-4-17)12(7-10)16-9-11(18)8-15/h1-2,7,11,16,18H,3-6,8-9H2. The Balaban J connectivity index is 2.12. The normalized spacial score (nSPS) is 17.3. The first-order chi connectivity index (χ1) is 9.20. The third-order valence-electron chi connectivity index (χ3n) is 3.02. The predicted molar refractivity (Wildman–Crippen MR) is 82.4 cm³/mol. The predicted octanol–water partition coefficient (Wildman–Crippen LogP) is 2.30. The summed E-state index contributed by atoms with van der Waals surface area (Å²) in [6, 6.07) is 6.12. The number of benzene rings is 1. The molecule has 1 saturated heterocycles. The van der Waals surface area contributed by atoms with Crippen LogP contribution in [-0.4, -0.2) is 49.9 Å². The van der Waals surface area contributed by atoms with Crippen molar-refractivity contribution in [2.75, 3.05) is 48.9 Å². The molecule has 1 heterocycles. The Labute approximate surface area is 126 Å². The Kier molecular flexibility index (Phi) is 5.76. The van der Waals surface area contributed by atoms with Crippen LogP contribution >= 0.6 is 27.5 Å². The molecule has 1 aliphatic heterocycles. The molecule has 19 heavy (non-hydrogen) atoms. The van der Waals surface area contributed by atoms with Crippen molar-refractivity contribution >= 4 is 38.9 Å². The van der Waals surface area contributed by atoms with E-state index in [1.54, 1.807) is 0 Å². The van der Waals surface area contributed by atoms with Crippen LogP contribution in [0.4, 0.5) is 11.4 Å². The zero-order valence-electron chi connectivity index (χ0n) is 10.6. The lowest BCUT2D eigenvalue weighted by Gasteiger charge is -2.31. The molecule has 2 rings (SSSR count). The summed E-state index contributed by atoms with van der Waals surface area (Å²) < 4.78 is 6.38. The molecule has 1 aromatic rings. The second-order valence-electron chi connectivity index (χ2n) is 4.45. The molecule has 0 bridgehead atoms. The molecule has 106 valence electrons. The lowest BCUT2D eigenvalue weighted by atomic mass is 10.2. The number of morpholine rings is 1. The van der Waals surface area contributed by atoms with E-state index in [4.69, 9.17) is 16.3 Å². The van der Waals surface area contributed by atoms with E-state index in [0.717, 1.165) is 42.2 Å². The van der Waals surface area contributed by atoms with Gasteiger partial charge >= 0.3 is 0 Å². The van der Waals surface area contributed by atoms with E-state index in [1.807, 2.05) is 12.1 Å². The number of halogens is 2. The highest BCUT2D eigenvalue weighted by Crippen LogP contribution is 2.30. The first kappa shape index (κ1) is 14.9. The molecule has 1 unspecified atom stereocenters. The topological polar surface area (TPSA) is 44.7 Å². The van der Waals surface area contributed by atoms with Crippen molar-refractivity contribution in [2.45, 2.75) is 6.10 Å². The van der Waals surface area contributed by atoms with Gasteiger partial charge in [0.25, 0.3) is 0 Å². The molecule has 0 amide bonds. The highest BCUT2D eigenvalue weighted by Gasteiger charge is 2.15. The van der Waals surface area contributed by atoms with Gasteiger partial charge in [-0.15, -0.1) is 11.6 Å². The lowest BCUT2D eigenvalue weighted by Crippen LogP contribution is -2.36. The largest absolute Gasteiger partial charge is 0.390 e. The van der Waals surface area contributed by atoms with Gasteiger partial charge in [0, 0.05) is 24.1 Å². The van der Waals surface area contributed by atoms with Gasteiger partial charge < -0.3 is 20.1 Å². The van der Waals surface area contributed by atoms with Crippen LogP contribution in [0.5, 0.6) is 0 Å². The fourth-order valence-electron chi connectivity index (χ4n) is 2.01. The molecule has 0 aromatic heterocycles. The zero-order valence-corrected chi connectivity index (χ0v) is 13.0. The monoisotopic (exact) mass is 348 g/mol. The zero-order chi connectivity index (χ0) is 13.7. The van der Waals surface area contributed by atoms with Crippen LogP contribution in [0, 0.1) is 0 Å². The number of nitrogens with zero attached hydrogens (tertiary/aromatic N) is 1. The molecule has 0 radical (unpaired) electrons. The van der Waals surface area contributed by atoms with E-state index in [-0.39, 0.29) is 5.88 Å². The first-order valence-electron chi connectivity index (χ1n) is 6.31. The van der Waals surface area contributed by atoms with Crippen molar-refractivity contribution < 1.29 is 9.84 Å². The third-order valence-corrected chi connectivity index (χ3v) is 3.87. The van der Waals surface area contributed by atoms with Crippen molar-refractivity contribution in [3.05, 3.63) is 22.7 Å². The van der Waals surface area contributed by atoms with E-state index >= 15 is 0 Å².